The van der Waals surface area contributed by atoms with E-state index < -0.39 is 10.0 Å². The quantitative estimate of drug-likeness (QED) is 0.885. The van der Waals surface area contributed by atoms with Crippen LogP contribution < -0.4 is 10.0 Å². The molecule has 2 aromatic rings. The Kier molecular flexibility index (Phi) is 4.42. The third-order valence-electron chi connectivity index (χ3n) is 2.91. The summed E-state index contributed by atoms with van der Waals surface area (Å²) in [6.45, 7) is 6.14. The van der Waals surface area contributed by atoms with Gasteiger partial charge in [0.15, 0.2) is 0 Å². The van der Waals surface area contributed by atoms with Crippen LogP contribution in [-0.2, 0) is 10.0 Å². The molecule has 7 heteroatoms. The number of rotatable bonds is 5. The van der Waals surface area contributed by atoms with Gasteiger partial charge in [0.1, 0.15) is 4.90 Å². The van der Waals surface area contributed by atoms with Crippen molar-refractivity contribution in [2.24, 2.45) is 0 Å². The lowest BCUT2D eigenvalue weighted by Gasteiger charge is -2.13. The molecule has 2 aromatic heterocycles. The van der Waals surface area contributed by atoms with Crippen LogP contribution in [-0.4, -0.2) is 24.9 Å². The van der Waals surface area contributed by atoms with Gasteiger partial charge in [-0.25, -0.2) is 8.42 Å². The third-order valence-corrected chi connectivity index (χ3v) is 4.30. The van der Waals surface area contributed by atoms with Gasteiger partial charge in [-0.3, -0.25) is 14.7 Å². The van der Waals surface area contributed by atoms with Crippen molar-refractivity contribution >= 4 is 21.4 Å². The first-order valence-electron chi connectivity index (χ1n) is 6.59. The standard InChI is InChI=1S/C14H18N4O2S/c1-4-16-13-7-8-15-9-14(13)21(19,20)18-12-6-5-10(2)17-11(12)3/h5-9,18H,4H2,1-3H3,(H,15,16). The number of hydrogen-bond donors (Lipinski definition) is 2. The van der Waals surface area contributed by atoms with Gasteiger partial charge in [0.2, 0.25) is 0 Å². The fourth-order valence-electron chi connectivity index (χ4n) is 1.92. The van der Waals surface area contributed by atoms with Crippen LogP contribution in [0.4, 0.5) is 11.4 Å². The van der Waals surface area contributed by atoms with Gasteiger partial charge in [0.05, 0.1) is 17.1 Å². The SMILES string of the molecule is CCNc1ccncc1S(=O)(=O)Nc1ccc(C)nc1C. The van der Waals surface area contributed by atoms with Crippen LogP contribution in [0.1, 0.15) is 18.3 Å². The smallest absolute Gasteiger partial charge is 0.265 e. The van der Waals surface area contributed by atoms with E-state index in [-0.39, 0.29) is 4.90 Å². The number of nitrogens with zero attached hydrogens (tertiary/aromatic N) is 2. The highest BCUT2D eigenvalue weighted by atomic mass is 32.2. The second-order valence-electron chi connectivity index (χ2n) is 4.59. The fourth-order valence-corrected chi connectivity index (χ4v) is 3.17. The number of hydrogen-bond acceptors (Lipinski definition) is 5. The van der Waals surface area contributed by atoms with Crippen LogP contribution in [0.2, 0.25) is 0 Å². The fraction of sp³-hybridized carbons (Fsp3) is 0.286. The molecule has 0 fully saturated rings. The summed E-state index contributed by atoms with van der Waals surface area (Å²) >= 11 is 0. The van der Waals surface area contributed by atoms with Crippen molar-refractivity contribution in [3.05, 3.63) is 42.0 Å². The largest absolute Gasteiger partial charge is 0.384 e. The number of sulfonamides is 1. The summed E-state index contributed by atoms with van der Waals surface area (Å²) in [5.74, 6) is 0. The van der Waals surface area contributed by atoms with Crippen molar-refractivity contribution < 1.29 is 8.42 Å². The molecule has 0 saturated carbocycles. The number of anilines is 2. The molecule has 0 atom stereocenters. The Morgan fingerprint density at radius 2 is 1.90 bits per heavy atom. The van der Waals surface area contributed by atoms with Crippen LogP contribution >= 0.6 is 0 Å². The molecule has 0 aliphatic heterocycles. The molecule has 0 aromatic carbocycles. The van der Waals surface area contributed by atoms with Crippen molar-refractivity contribution in [2.75, 3.05) is 16.6 Å². The zero-order chi connectivity index (χ0) is 15.5. The molecule has 0 bridgehead atoms. The zero-order valence-corrected chi connectivity index (χ0v) is 13.0. The second kappa shape index (κ2) is 6.09. The molecule has 2 heterocycles. The van der Waals surface area contributed by atoms with Crippen molar-refractivity contribution in [2.45, 2.75) is 25.7 Å². The van der Waals surface area contributed by atoms with E-state index in [1.807, 2.05) is 13.8 Å². The Morgan fingerprint density at radius 3 is 2.57 bits per heavy atom. The molecule has 0 saturated heterocycles. The average Bonchev–Trinajstić information content (AvgIpc) is 2.43. The first-order valence-corrected chi connectivity index (χ1v) is 8.07. The molecule has 0 radical (unpaired) electrons. The van der Waals surface area contributed by atoms with E-state index in [1.165, 1.54) is 6.20 Å². The van der Waals surface area contributed by atoms with Crippen LogP contribution in [0.3, 0.4) is 0 Å². The minimum atomic E-state index is -3.72. The summed E-state index contributed by atoms with van der Waals surface area (Å²) < 4.78 is 27.6. The first-order chi connectivity index (χ1) is 9.94. The van der Waals surface area contributed by atoms with Gasteiger partial charge in [-0.05, 0) is 39.0 Å². The molecular formula is C14H18N4O2S. The number of nitrogens with one attached hydrogen (secondary N) is 2. The van der Waals surface area contributed by atoms with Gasteiger partial charge in [0.25, 0.3) is 10.0 Å². The molecule has 0 unspecified atom stereocenters. The lowest BCUT2D eigenvalue weighted by atomic mass is 10.3. The summed E-state index contributed by atoms with van der Waals surface area (Å²) in [5, 5.41) is 3.02. The van der Waals surface area contributed by atoms with E-state index in [0.717, 1.165) is 5.69 Å². The lowest BCUT2D eigenvalue weighted by molar-refractivity contribution is 0.601. The highest BCUT2D eigenvalue weighted by molar-refractivity contribution is 7.92. The van der Waals surface area contributed by atoms with E-state index in [4.69, 9.17) is 0 Å². The van der Waals surface area contributed by atoms with E-state index >= 15 is 0 Å². The maximum absolute atomic E-state index is 12.5. The second-order valence-corrected chi connectivity index (χ2v) is 6.24. The van der Waals surface area contributed by atoms with Crippen molar-refractivity contribution in [3.63, 3.8) is 0 Å². The van der Waals surface area contributed by atoms with Crippen LogP contribution in [0.5, 0.6) is 0 Å². The number of aryl methyl sites for hydroxylation is 2. The molecule has 0 aliphatic carbocycles. The topological polar surface area (TPSA) is 84.0 Å². The molecule has 2 N–H and O–H groups in total. The highest BCUT2D eigenvalue weighted by Crippen LogP contribution is 2.23. The van der Waals surface area contributed by atoms with E-state index in [0.29, 0.717) is 23.6 Å². The number of pyridine rings is 2. The maximum atomic E-state index is 12.5. The van der Waals surface area contributed by atoms with Gasteiger partial charge in [-0.15, -0.1) is 0 Å². The molecule has 0 aliphatic rings. The Labute approximate surface area is 124 Å². The van der Waals surface area contributed by atoms with Gasteiger partial charge >= 0.3 is 0 Å². The van der Waals surface area contributed by atoms with Crippen molar-refractivity contribution in [1.82, 2.24) is 9.97 Å². The van der Waals surface area contributed by atoms with Crippen LogP contribution in [0, 0.1) is 13.8 Å². The Hall–Kier alpha value is -2.15. The lowest BCUT2D eigenvalue weighted by Crippen LogP contribution is -2.16. The summed E-state index contributed by atoms with van der Waals surface area (Å²) in [4.78, 5) is 8.27. The van der Waals surface area contributed by atoms with Crippen molar-refractivity contribution in [3.8, 4) is 0 Å². The molecule has 6 nitrogen and oxygen atoms in total. The normalized spacial score (nSPS) is 11.2. The molecule has 0 spiro atoms. The molecule has 0 amide bonds. The van der Waals surface area contributed by atoms with Crippen LogP contribution in [0.15, 0.2) is 35.5 Å². The number of aromatic nitrogens is 2. The minimum Gasteiger partial charge on any atom is -0.384 e. The monoisotopic (exact) mass is 306 g/mol. The molecule has 112 valence electrons. The predicted octanol–water partition coefficient (Wildman–Crippen LogP) is 2.33. The maximum Gasteiger partial charge on any atom is 0.265 e. The van der Waals surface area contributed by atoms with Gasteiger partial charge in [0, 0.05) is 24.6 Å². The molecule has 2 rings (SSSR count). The average molecular weight is 306 g/mol. The Bertz CT molecular complexity index is 744. The third kappa shape index (κ3) is 3.49. The van der Waals surface area contributed by atoms with E-state index in [2.05, 4.69) is 20.0 Å². The van der Waals surface area contributed by atoms with Crippen LogP contribution in [0.25, 0.3) is 0 Å². The van der Waals surface area contributed by atoms with Crippen molar-refractivity contribution in [1.29, 1.82) is 0 Å². The first kappa shape index (κ1) is 15.2. The van der Waals surface area contributed by atoms with E-state index in [9.17, 15) is 8.42 Å². The Balaban J connectivity index is 2.39. The van der Waals surface area contributed by atoms with Gasteiger partial charge in [-0.1, -0.05) is 0 Å². The summed E-state index contributed by atoms with van der Waals surface area (Å²) in [6, 6.07) is 5.11. The van der Waals surface area contributed by atoms with E-state index in [1.54, 1.807) is 31.3 Å². The summed E-state index contributed by atoms with van der Waals surface area (Å²) in [7, 11) is -3.72. The van der Waals surface area contributed by atoms with Gasteiger partial charge in [-0.2, -0.15) is 0 Å². The zero-order valence-electron chi connectivity index (χ0n) is 12.2. The summed E-state index contributed by atoms with van der Waals surface area (Å²) in [6.07, 6.45) is 2.88. The molecular weight excluding hydrogens is 288 g/mol. The minimum absolute atomic E-state index is 0.117. The summed E-state index contributed by atoms with van der Waals surface area (Å²) in [5.41, 5.74) is 2.46. The Morgan fingerprint density at radius 1 is 1.14 bits per heavy atom. The van der Waals surface area contributed by atoms with Gasteiger partial charge < -0.3 is 5.32 Å². The predicted molar refractivity (Wildman–Crippen MR) is 82.9 cm³/mol. The highest BCUT2D eigenvalue weighted by Gasteiger charge is 2.19. The molecule has 21 heavy (non-hydrogen) atoms.